The first-order chi connectivity index (χ1) is 6.15. The van der Waals surface area contributed by atoms with Gasteiger partial charge in [0.15, 0.2) is 0 Å². The number of aliphatic hydroxyl groups excluding tert-OH is 1. The van der Waals surface area contributed by atoms with Crippen molar-refractivity contribution >= 4 is 0 Å². The van der Waals surface area contributed by atoms with Crippen molar-refractivity contribution in [1.29, 1.82) is 0 Å². The van der Waals surface area contributed by atoms with E-state index in [1.54, 1.807) is 6.07 Å². The third-order valence-corrected chi connectivity index (χ3v) is 2.01. The van der Waals surface area contributed by atoms with Gasteiger partial charge in [-0.05, 0) is 30.5 Å². The highest BCUT2D eigenvalue weighted by Gasteiger charge is 2.08. The first-order valence-corrected chi connectivity index (χ1v) is 4.13. The van der Waals surface area contributed by atoms with Gasteiger partial charge in [-0.1, -0.05) is 12.1 Å². The van der Waals surface area contributed by atoms with Crippen molar-refractivity contribution < 1.29 is 13.9 Å². The number of hydrogen-bond acceptors (Lipinski definition) is 1. The highest BCUT2D eigenvalue weighted by atomic mass is 19.3. The Kier molecular flexibility index (Phi) is 3.37. The van der Waals surface area contributed by atoms with Gasteiger partial charge in [0, 0.05) is 12.2 Å². The van der Waals surface area contributed by atoms with E-state index in [4.69, 9.17) is 5.11 Å². The predicted molar refractivity (Wildman–Crippen MR) is 46.9 cm³/mol. The molecule has 1 aromatic carbocycles. The van der Waals surface area contributed by atoms with E-state index in [1.165, 1.54) is 12.1 Å². The van der Waals surface area contributed by atoms with Crippen LogP contribution in [0.3, 0.4) is 0 Å². The van der Waals surface area contributed by atoms with Crippen molar-refractivity contribution in [3.63, 3.8) is 0 Å². The summed E-state index contributed by atoms with van der Waals surface area (Å²) in [7, 11) is 0. The molecular weight excluding hydrogens is 174 g/mol. The summed E-state index contributed by atoms with van der Waals surface area (Å²) in [6.07, 6.45) is -2.00. The van der Waals surface area contributed by atoms with Gasteiger partial charge < -0.3 is 5.11 Å². The van der Waals surface area contributed by atoms with Gasteiger partial charge in [-0.3, -0.25) is 0 Å². The molecule has 13 heavy (non-hydrogen) atoms. The van der Waals surface area contributed by atoms with Crippen LogP contribution in [-0.2, 0) is 6.42 Å². The second kappa shape index (κ2) is 4.33. The van der Waals surface area contributed by atoms with Gasteiger partial charge in [0.1, 0.15) is 0 Å². The van der Waals surface area contributed by atoms with Crippen molar-refractivity contribution in [1.82, 2.24) is 0 Å². The van der Waals surface area contributed by atoms with Crippen LogP contribution in [0.4, 0.5) is 8.78 Å². The lowest BCUT2D eigenvalue weighted by Gasteiger charge is -2.06. The molecule has 1 aromatic rings. The Morgan fingerprint density at radius 3 is 2.62 bits per heavy atom. The molecule has 0 spiro atoms. The van der Waals surface area contributed by atoms with E-state index in [2.05, 4.69) is 0 Å². The molecule has 1 rings (SSSR count). The summed E-state index contributed by atoms with van der Waals surface area (Å²) in [4.78, 5) is 0. The van der Waals surface area contributed by atoms with Crippen LogP contribution in [0.25, 0.3) is 0 Å². The molecule has 0 atom stereocenters. The summed E-state index contributed by atoms with van der Waals surface area (Å²) in [6.45, 7) is 1.84. The SMILES string of the molecule is Cc1ccc(C(F)F)cc1CCO. The van der Waals surface area contributed by atoms with Crippen molar-refractivity contribution in [2.75, 3.05) is 6.61 Å². The third kappa shape index (κ3) is 2.49. The van der Waals surface area contributed by atoms with Crippen molar-refractivity contribution in [2.24, 2.45) is 0 Å². The standard InChI is InChI=1S/C10H12F2O/c1-7-2-3-9(10(11)12)6-8(7)4-5-13/h2-3,6,10,13H,4-5H2,1H3. The summed E-state index contributed by atoms with van der Waals surface area (Å²) in [5.74, 6) is 0. The summed E-state index contributed by atoms with van der Waals surface area (Å²) in [6, 6.07) is 4.53. The van der Waals surface area contributed by atoms with E-state index >= 15 is 0 Å². The topological polar surface area (TPSA) is 20.2 Å². The number of halogens is 2. The van der Waals surface area contributed by atoms with Gasteiger partial charge >= 0.3 is 0 Å². The van der Waals surface area contributed by atoms with Gasteiger partial charge in [0.2, 0.25) is 0 Å². The lowest BCUT2D eigenvalue weighted by Crippen LogP contribution is -1.96. The van der Waals surface area contributed by atoms with Crippen molar-refractivity contribution in [2.45, 2.75) is 19.8 Å². The normalized spacial score (nSPS) is 10.8. The Hall–Kier alpha value is -0.960. The number of aryl methyl sites for hydroxylation is 1. The summed E-state index contributed by atoms with van der Waals surface area (Å²) in [5, 5.41) is 8.69. The summed E-state index contributed by atoms with van der Waals surface area (Å²) in [5.41, 5.74) is 1.76. The average molecular weight is 186 g/mol. The third-order valence-electron chi connectivity index (χ3n) is 2.01. The fraction of sp³-hybridized carbons (Fsp3) is 0.400. The number of aliphatic hydroxyl groups is 1. The smallest absolute Gasteiger partial charge is 0.263 e. The van der Waals surface area contributed by atoms with Crippen LogP contribution in [-0.4, -0.2) is 11.7 Å². The molecule has 72 valence electrons. The molecule has 0 aliphatic rings. The molecule has 0 aromatic heterocycles. The molecular formula is C10H12F2O. The number of rotatable bonds is 3. The molecule has 0 fully saturated rings. The first kappa shape index (κ1) is 10.1. The summed E-state index contributed by atoms with van der Waals surface area (Å²) < 4.78 is 24.5. The second-order valence-electron chi connectivity index (χ2n) is 2.96. The molecule has 0 bridgehead atoms. The van der Waals surface area contributed by atoms with Crippen LogP contribution in [0.5, 0.6) is 0 Å². The molecule has 3 heteroatoms. The van der Waals surface area contributed by atoms with Crippen LogP contribution in [0.2, 0.25) is 0 Å². The van der Waals surface area contributed by atoms with E-state index in [-0.39, 0.29) is 12.2 Å². The summed E-state index contributed by atoms with van der Waals surface area (Å²) >= 11 is 0. The van der Waals surface area contributed by atoms with Gasteiger partial charge in [-0.15, -0.1) is 0 Å². The Morgan fingerprint density at radius 2 is 2.08 bits per heavy atom. The van der Waals surface area contributed by atoms with Crippen LogP contribution in [0, 0.1) is 6.92 Å². The van der Waals surface area contributed by atoms with E-state index in [0.717, 1.165) is 11.1 Å². The highest BCUT2D eigenvalue weighted by molar-refractivity contribution is 5.31. The molecule has 0 aliphatic carbocycles. The van der Waals surface area contributed by atoms with Crippen LogP contribution in [0.1, 0.15) is 23.1 Å². The maximum atomic E-state index is 12.3. The monoisotopic (exact) mass is 186 g/mol. The first-order valence-electron chi connectivity index (χ1n) is 4.13. The molecule has 0 saturated heterocycles. The fourth-order valence-corrected chi connectivity index (χ4v) is 1.22. The Labute approximate surface area is 76.0 Å². The van der Waals surface area contributed by atoms with Crippen molar-refractivity contribution in [3.8, 4) is 0 Å². The maximum absolute atomic E-state index is 12.3. The number of benzene rings is 1. The fourth-order valence-electron chi connectivity index (χ4n) is 1.22. The Morgan fingerprint density at radius 1 is 1.38 bits per heavy atom. The molecule has 1 nitrogen and oxygen atoms in total. The zero-order valence-corrected chi connectivity index (χ0v) is 7.43. The van der Waals surface area contributed by atoms with Gasteiger partial charge in [-0.25, -0.2) is 8.78 Å². The average Bonchev–Trinajstić information content (AvgIpc) is 2.08. The van der Waals surface area contributed by atoms with E-state index < -0.39 is 6.43 Å². The van der Waals surface area contributed by atoms with Crippen LogP contribution >= 0.6 is 0 Å². The van der Waals surface area contributed by atoms with Crippen LogP contribution < -0.4 is 0 Å². The minimum Gasteiger partial charge on any atom is -0.396 e. The van der Waals surface area contributed by atoms with Crippen LogP contribution in [0.15, 0.2) is 18.2 Å². The molecule has 0 radical (unpaired) electrons. The molecule has 0 amide bonds. The maximum Gasteiger partial charge on any atom is 0.263 e. The molecule has 0 unspecified atom stereocenters. The van der Waals surface area contributed by atoms with Gasteiger partial charge in [0.25, 0.3) is 6.43 Å². The Bertz CT molecular complexity index is 284. The highest BCUT2D eigenvalue weighted by Crippen LogP contribution is 2.21. The van der Waals surface area contributed by atoms with Gasteiger partial charge in [0.05, 0.1) is 0 Å². The molecule has 0 saturated carbocycles. The molecule has 0 heterocycles. The predicted octanol–water partition coefficient (Wildman–Crippen LogP) is 2.47. The number of hydrogen-bond donors (Lipinski definition) is 1. The van der Waals surface area contributed by atoms with E-state index in [9.17, 15) is 8.78 Å². The second-order valence-corrected chi connectivity index (χ2v) is 2.96. The minimum absolute atomic E-state index is 0.00642. The van der Waals surface area contributed by atoms with Crippen molar-refractivity contribution in [3.05, 3.63) is 34.9 Å². The largest absolute Gasteiger partial charge is 0.396 e. The molecule has 1 N–H and O–H groups in total. The zero-order chi connectivity index (χ0) is 9.84. The lowest BCUT2D eigenvalue weighted by atomic mass is 10.0. The Balaban J connectivity index is 2.97. The lowest BCUT2D eigenvalue weighted by molar-refractivity contribution is 0.151. The number of alkyl halides is 2. The van der Waals surface area contributed by atoms with E-state index in [1.807, 2.05) is 6.92 Å². The minimum atomic E-state index is -2.43. The molecule has 0 aliphatic heterocycles. The van der Waals surface area contributed by atoms with E-state index in [0.29, 0.717) is 6.42 Å². The van der Waals surface area contributed by atoms with Gasteiger partial charge in [-0.2, -0.15) is 0 Å². The quantitative estimate of drug-likeness (QED) is 0.768. The zero-order valence-electron chi connectivity index (χ0n) is 7.43.